The van der Waals surface area contributed by atoms with Gasteiger partial charge in [-0.1, -0.05) is 12.1 Å². The van der Waals surface area contributed by atoms with Crippen molar-refractivity contribution in [2.45, 2.75) is 6.92 Å². The van der Waals surface area contributed by atoms with Gasteiger partial charge in [0.05, 0.1) is 17.3 Å². The Hall–Kier alpha value is -2.16. The second-order valence-corrected chi connectivity index (χ2v) is 4.06. The Bertz CT molecular complexity index is 686. The van der Waals surface area contributed by atoms with Crippen molar-refractivity contribution in [3.8, 4) is 11.4 Å². The van der Waals surface area contributed by atoms with Gasteiger partial charge in [0.25, 0.3) is 0 Å². The van der Waals surface area contributed by atoms with Crippen LogP contribution in [0.15, 0.2) is 48.8 Å². The highest BCUT2D eigenvalue weighted by Gasteiger charge is 2.09. The standard InChI is InChI=1S/C14H11FN2/c1-10-6-7-17-11(8-10)9-16-14(17)12-4-2-3-5-13(12)15/h2-9H,1H3. The fraction of sp³-hybridized carbons (Fsp3) is 0.0714. The molecule has 3 heteroatoms. The van der Waals surface area contributed by atoms with Crippen LogP contribution in [-0.2, 0) is 0 Å². The molecule has 0 spiro atoms. The molecule has 1 aromatic carbocycles. The van der Waals surface area contributed by atoms with Crippen molar-refractivity contribution < 1.29 is 4.39 Å². The minimum absolute atomic E-state index is 0.249. The molecule has 0 fully saturated rings. The van der Waals surface area contributed by atoms with E-state index in [0.717, 1.165) is 11.1 Å². The van der Waals surface area contributed by atoms with E-state index in [2.05, 4.69) is 4.98 Å². The zero-order valence-electron chi connectivity index (χ0n) is 9.39. The minimum Gasteiger partial charge on any atom is -0.300 e. The Labute approximate surface area is 98.4 Å². The van der Waals surface area contributed by atoms with E-state index in [1.54, 1.807) is 18.3 Å². The quantitative estimate of drug-likeness (QED) is 0.621. The third-order valence-corrected chi connectivity index (χ3v) is 2.80. The van der Waals surface area contributed by atoms with Gasteiger partial charge in [-0.05, 0) is 36.8 Å². The highest BCUT2D eigenvalue weighted by atomic mass is 19.1. The van der Waals surface area contributed by atoms with Crippen LogP contribution in [0.4, 0.5) is 4.39 Å². The maximum absolute atomic E-state index is 13.7. The van der Waals surface area contributed by atoms with Gasteiger partial charge in [-0.2, -0.15) is 0 Å². The smallest absolute Gasteiger partial charge is 0.147 e. The van der Waals surface area contributed by atoms with Crippen LogP contribution in [0.5, 0.6) is 0 Å². The van der Waals surface area contributed by atoms with Crippen molar-refractivity contribution in [3.05, 3.63) is 60.2 Å². The van der Waals surface area contributed by atoms with E-state index in [1.165, 1.54) is 6.07 Å². The van der Waals surface area contributed by atoms with Crippen molar-refractivity contribution >= 4 is 5.52 Å². The molecule has 0 aliphatic carbocycles. The molecular weight excluding hydrogens is 215 g/mol. The third-order valence-electron chi connectivity index (χ3n) is 2.80. The van der Waals surface area contributed by atoms with E-state index in [-0.39, 0.29) is 5.82 Å². The summed E-state index contributed by atoms with van der Waals surface area (Å²) in [5.41, 5.74) is 2.66. The minimum atomic E-state index is -0.249. The molecule has 0 saturated heterocycles. The number of pyridine rings is 1. The maximum atomic E-state index is 13.7. The molecule has 2 nitrogen and oxygen atoms in total. The Kier molecular flexibility index (Phi) is 2.18. The van der Waals surface area contributed by atoms with Gasteiger partial charge in [-0.25, -0.2) is 9.37 Å². The van der Waals surface area contributed by atoms with E-state index >= 15 is 0 Å². The summed E-state index contributed by atoms with van der Waals surface area (Å²) in [7, 11) is 0. The zero-order valence-corrected chi connectivity index (χ0v) is 9.39. The number of rotatable bonds is 1. The average Bonchev–Trinajstić information content (AvgIpc) is 2.72. The summed E-state index contributed by atoms with van der Waals surface area (Å²) in [6.45, 7) is 2.02. The van der Waals surface area contributed by atoms with Gasteiger partial charge in [0.15, 0.2) is 0 Å². The van der Waals surface area contributed by atoms with E-state index in [0.29, 0.717) is 11.4 Å². The summed E-state index contributed by atoms with van der Waals surface area (Å²) in [5.74, 6) is 0.388. The molecule has 0 N–H and O–H groups in total. The molecular formula is C14H11FN2. The Morgan fingerprint density at radius 2 is 2.00 bits per heavy atom. The van der Waals surface area contributed by atoms with Crippen LogP contribution in [-0.4, -0.2) is 9.38 Å². The summed E-state index contributed by atoms with van der Waals surface area (Å²) in [6, 6.07) is 10.7. The molecule has 0 saturated carbocycles. The number of halogens is 1. The first-order valence-electron chi connectivity index (χ1n) is 5.44. The highest BCUT2D eigenvalue weighted by molar-refractivity contribution is 5.63. The van der Waals surface area contributed by atoms with Crippen molar-refractivity contribution in [2.24, 2.45) is 0 Å². The van der Waals surface area contributed by atoms with Crippen molar-refractivity contribution in [1.82, 2.24) is 9.38 Å². The zero-order chi connectivity index (χ0) is 11.8. The molecule has 0 aliphatic heterocycles. The van der Waals surface area contributed by atoms with E-state index in [9.17, 15) is 4.39 Å². The van der Waals surface area contributed by atoms with Crippen LogP contribution < -0.4 is 0 Å². The number of aryl methyl sites for hydroxylation is 1. The summed E-state index contributed by atoms with van der Waals surface area (Å²) < 4.78 is 15.6. The number of benzene rings is 1. The highest BCUT2D eigenvalue weighted by Crippen LogP contribution is 2.22. The van der Waals surface area contributed by atoms with Crippen LogP contribution in [0.2, 0.25) is 0 Å². The fourth-order valence-corrected chi connectivity index (χ4v) is 1.95. The first-order chi connectivity index (χ1) is 8.25. The Morgan fingerprint density at radius 1 is 1.18 bits per heavy atom. The first-order valence-corrected chi connectivity index (χ1v) is 5.44. The number of fused-ring (bicyclic) bond motifs is 1. The number of hydrogen-bond donors (Lipinski definition) is 0. The van der Waals surface area contributed by atoms with E-state index < -0.39 is 0 Å². The molecule has 0 bridgehead atoms. The molecule has 0 radical (unpaired) electrons. The number of hydrogen-bond acceptors (Lipinski definition) is 1. The summed E-state index contributed by atoms with van der Waals surface area (Å²) >= 11 is 0. The molecule has 0 amide bonds. The number of nitrogens with zero attached hydrogens (tertiary/aromatic N) is 2. The molecule has 2 heterocycles. The monoisotopic (exact) mass is 226 g/mol. The van der Waals surface area contributed by atoms with E-state index in [4.69, 9.17) is 0 Å². The molecule has 0 aliphatic rings. The lowest BCUT2D eigenvalue weighted by atomic mass is 10.2. The fourth-order valence-electron chi connectivity index (χ4n) is 1.95. The molecule has 0 unspecified atom stereocenters. The van der Waals surface area contributed by atoms with Gasteiger partial charge in [0, 0.05) is 6.20 Å². The second-order valence-electron chi connectivity index (χ2n) is 4.06. The molecule has 0 atom stereocenters. The van der Waals surface area contributed by atoms with Gasteiger partial charge >= 0.3 is 0 Å². The first kappa shape index (κ1) is 10.0. The average molecular weight is 226 g/mol. The second kappa shape index (κ2) is 3.70. The Morgan fingerprint density at radius 3 is 2.82 bits per heavy atom. The van der Waals surface area contributed by atoms with Crippen LogP contribution in [0.3, 0.4) is 0 Å². The lowest BCUT2D eigenvalue weighted by Crippen LogP contribution is -1.92. The normalized spacial score (nSPS) is 10.9. The molecule has 84 valence electrons. The molecule has 3 rings (SSSR count). The lowest BCUT2D eigenvalue weighted by Gasteiger charge is -2.03. The van der Waals surface area contributed by atoms with Crippen LogP contribution in [0.25, 0.3) is 16.9 Å². The van der Waals surface area contributed by atoms with Crippen molar-refractivity contribution in [1.29, 1.82) is 0 Å². The topological polar surface area (TPSA) is 17.3 Å². The van der Waals surface area contributed by atoms with Crippen LogP contribution in [0, 0.1) is 12.7 Å². The van der Waals surface area contributed by atoms with Gasteiger partial charge in [-0.3, -0.25) is 4.40 Å². The van der Waals surface area contributed by atoms with E-state index in [1.807, 2.05) is 35.7 Å². The molecule has 17 heavy (non-hydrogen) atoms. The number of aromatic nitrogens is 2. The third kappa shape index (κ3) is 1.60. The lowest BCUT2D eigenvalue weighted by molar-refractivity contribution is 0.630. The summed E-state index contributed by atoms with van der Waals surface area (Å²) in [5, 5.41) is 0. The maximum Gasteiger partial charge on any atom is 0.147 e. The summed E-state index contributed by atoms with van der Waals surface area (Å²) in [4.78, 5) is 4.29. The van der Waals surface area contributed by atoms with Crippen LogP contribution >= 0.6 is 0 Å². The van der Waals surface area contributed by atoms with Crippen molar-refractivity contribution in [3.63, 3.8) is 0 Å². The molecule has 3 aromatic rings. The Balaban J connectivity index is 2.29. The van der Waals surface area contributed by atoms with Crippen molar-refractivity contribution in [2.75, 3.05) is 0 Å². The summed E-state index contributed by atoms with van der Waals surface area (Å²) in [6.07, 6.45) is 3.67. The van der Waals surface area contributed by atoms with Gasteiger partial charge in [0.1, 0.15) is 11.6 Å². The van der Waals surface area contributed by atoms with Gasteiger partial charge in [-0.15, -0.1) is 0 Å². The van der Waals surface area contributed by atoms with Gasteiger partial charge < -0.3 is 0 Å². The van der Waals surface area contributed by atoms with Crippen LogP contribution in [0.1, 0.15) is 5.56 Å². The predicted molar refractivity (Wildman–Crippen MR) is 65.3 cm³/mol. The molecule has 2 aromatic heterocycles. The largest absolute Gasteiger partial charge is 0.300 e. The SMILES string of the molecule is Cc1ccn2c(-c3ccccc3F)ncc2c1. The van der Waals surface area contributed by atoms with Gasteiger partial charge in [0.2, 0.25) is 0 Å². The predicted octanol–water partition coefficient (Wildman–Crippen LogP) is 3.45. The number of imidazole rings is 1.